The normalized spacial score (nSPS) is 18.6. The van der Waals surface area contributed by atoms with Crippen LogP contribution in [0.4, 0.5) is 0 Å². The maximum atomic E-state index is 2.40. The van der Waals surface area contributed by atoms with Gasteiger partial charge in [0.25, 0.3) is 0 Å². The molecular formula is C14H18. The Bertz CT molecular complexity index is 372. The smallest absolute Gasteiger partial charge is 0.000107 e. The molecule has 2 rings (SSSR count). The van der Waals surface area contributed by atoms with Crippen LogP contribution in [0, 0.1) is 0 Å². The zero-order valence-electron chi connectivity index (χ0n) is 9.30. The lowest BCUT2D eigenvalue weighted by Crippen LogP contribution is -1.96. The summed E-state index contributed by atoms with van der Waals surface area (Å²) in [6.07, 6.45) is 6.87. The van der Waals surface area contributed by atoms with E-state index in [1.807, 2.05) is 0 Å². The minimum absolute atomic E-state index is 0.612. The fourth-order valence-electron chi connectivity index (χ4n) is 2.28. The summed E-state index contributed by atoms with van der Waals surface area (Å²) >= 11 is 0. The van der Waals surface area contributed by atoms with Gasteiger partial charge >= 0.3 is 0 Å². The van der Waals surface area contributed by atoms with E-state index in [-0.39, 0.29) is 0 Å². The van der Waals surface area contributed by atoms with E-state index in [0.29, 0.717) is 5.92 Å². The van der Waals surface area contributed by atoms with Gasteiger partial charge in [-0.25, -0.2) is 0 Å². The summed E-state index contributed by atoms with van der Waals surface area (Å²) in [5, 5.41) is 0. The van der Waals surface area contributed by atoms with Gasteiger partial charge in [-0.15, -0.1) is 0 Å². The van der Waals surface area contributed by atoms with Crippen molar-refractivity contribution in [1.82, 2.24) is 0 Å². The van der Waals surface area contributed by atoms with Crippen LogP contribution in [0.3, 0.4) is 0 Å². The van der Waals surface area contributed by atoms with Crippen molar-refractivity contribution in [2.45, 2.75) is 39.5 Å². The lowest BCUT2D eigenvalue weighted by Gasteiger charge is -2.11. The number of fused-ring (bicyclic) bond motifs is 1. The Morgan fingerprint density at radius 3 is 2.36 bits per heavy atom. The van der Waals surface area contributed by atoms with Crippen molar-refractivity contribution in [3.63, 3.8) is 0 Å². The first-order valence-electron chi connectivity index (χ1n) is 5.60. The third kappa shape index (κ3) is 1.39. The van der Waals surface area contributed by atoms with Crippen molar-refractivity contribution in [1.29, 1.82) is 0 Å². The molecule has 0 heterocycles. The van der Waals surface area contributed by atoms with Gasteiger partial charge in [0.2, 0.25) is 0 Å². The molecular weight excluding hydrogens is 168 g/mol. The first-order valence-corrected chi connectivity index (χ1v) is 5.60. The molecule has 1 aromatic rings. The first-order chi connectivity index (χ1) is 6.76. The number of benzene rings is 1. The molecule has 0 saturated heterocycles. The zero-order chi connectivity index (χ0) is 10.1. The summed E-state index contributed by atoms with van der Waals surface area (Å²) in [5.74, 6) is 0.612. The molecule has 0 saturated carbocycles. The molecule has 14 heavy (non-hydrogen) atoms. The average molecular weight is 186 g/mol. The van der Waals surface area contributed by atoms with Gasteiger partial charge in [0.1, 0.15) is 0 Å². The van der Waals surface area contributed by atoms with Crippen LogP contribution in [0.5, 0.6) is 0 Å². The van der Waals surface area contributed by atoms with E-state index in [4.69, 9.17) is 0 Å². The van der Waals surface area contributed by atoms with Gasteiger partial charge in [0, 0.05) is 0 Å². The van der Waals surface area contributed by atoms with E-state index in [9.17, 15) is 0 Å². The Balaban J connectivity index is 2.53. The summed E-state index contributed by atoms with van der Waals surface area (Å²) in [6.45, 7) is 6.75. The van der Waals surface area contributed by atoms with Crippen LogP contribution in [0.25, 0.3) is 6.08 Å². The fraction of sp³-hybridized carbons (Fsp3) is 0.429. The van der Waals surface area contributed by atoms with Crippen molar-refractivity contribution < 1.29 is 0 Å². The zero-order valence-corrected chi connectivity index (χ0v) is 9.30. The van der Waals surface area contributed by atoms with Crippen LogP contribution in [-0.4, -0.2) is 0 Å². The van der Waals surface area contributed by atoms with Gasteiger partial charge in [-0.05, 0) is 41.0 Å². The predicted octanol–water partition coefficient (Wildman–Crippen LogP) is 3.94. The second-order valence-corrected chi connectivity index (χ2v) is 4.10. The third-order valence-corrected chi connectivity index (χ3v) is 3.22. The predicted molar refractivity (Wildman–Crippen MR) is 62.6 cm³/mol. The van der Waals surface area contributed by atoms with E-state index in [2.05, 4.69) is 45.1 Å². The van der Waals surface area contributed by atoms with E-state index < -0.39 is 0 Å². The number of rotatable bonds is 2. The van der Waals surface area contributed by atoms with E-state index in [1.54, 1.807) is 0 Å². The number of aryl methyl sites for hydroxylation is 2. The molecule has 0 amide bonds. The highest BCUT2D eigenvalue weighted by Gasteiger charge is 2.14. The Morgan fingerprint density at radius 1 is 1.07 bits per heavy atom. The van der Waals surface area contributed by atoms with Crippen LogP contribution in [0.15, 0.2) is 18.2 Å². The molecule has 0 spiro atoms. The van der Waals surface area contributed by atoms with Crippen molar-refractivity contribution in [2.75, 3.05) is 0 Å². The average Bonchev–Trinajstić information content (AvgIpc) is 2.58. The monoisotopic (exact) mass is 186 g/mol. The Morgan fingerprint density at radius 2 is 1.71 bits per heavy atom. The van der Waals surface area contributed by atoms with Gasteiger partial charge in [-0.3, -0.25) is 0 Å². The van der Waals surface area contributed by atoms with Crippen molar-refractivity contribution in [3.05, 3.63) is 40.5 Å². The van der Waals surface area contributed by atoms with Gasteiger partial charge < -0.3 is 0 Å². The molecule has 0 aromatic heterocycles. The maximum absolute atomic E-state index is 2.40. The maximum Gasteiger partial charge on any atom is -0.000107 e. The highest BCUT2D eigenvalue weighted by atomic mass is 14.2. The van der Waals surface area contributed by atoms with E-state index >= 15 is 0 Å². The molecule has 0 bridgehead atoms. The minimum Gasteiger partial charge on any atom is -0.0767 e. The molecule has 1 unspecified atom stereocenters. The molecule has 0 aliphatic heterocycles. The molecule has 0 fully saturated rings. The molecule has 74 valence electrons. The van der Waals surface area contributed by atoms with Crippen LogP contribution in [-0.2, 0) is 12.8 Å². The second-order valence-electron chi connectivity index (χ2n) is 4.10. The van der Waals surface area contributed by atoms with Crippen LogP contribution >= 0.6 is 0 Å². The van der Waals surface area contributed by atoms with Crippen molar-refractivity contribution >= 4 is 6.08 Å². The molecule has 0 N–H and O–H groups in total. The minimum atomic E-state index is 0.612. The molecule has 1 aromatic carbocycles. The number of hydrogen-bond donors (Lipinski definition) is 0. The molecule has 1 aliphatic rings. The molecule has 0 heteroatoms. The Labute approximate surface area is 86.7 Å². The van der Waals surface area contributed by atoms with Crippen LogP contribution in [0.1, 0.15) is 48.9 Å². The lowest BCUT2D eigenvalue weighted by molar-refractivity contribution is 0.962. The largest absolute Gasteiger partial charge is 0.0767 e. The number of hydrogen-bond acceptors (Lipinski definition) is 0. The van der Waals surface area contributed by atoms with E-state index in [0.717, 1.165) is 12.8 Å². The van der Waals surface area contributed by atoms with Crippen molar-refractivity contribution in [3.8, 4) is 0 Å². The molecule has 0 nitrogen and oxygen atoms in total. The summed E-state index contributed by atoms with van der Waals surface area (Å²) in [5.41, 5.74) is 6.00. The summed E-state index contributed by atoms with van der Waals surface area (Å²) in [7, 11) is 0. The first kappa shape index (κ1) is 9.51. The van der Waals surface area contributed by atoms with Crippen molar-refractivity contribution in [2.24, 2.45) is 0 Å². The fourth-order valence-corrected chi connectivity index (χ4v) is 2.28. The lowest BCUT2D eigenvalue weighted by atomic mass is 9.94. The topological polar surface area (TPSA) is 0 Å². The highest BCUT2D eigenvalue weighted by molar-refractivity contribution is 5.64. The van der Waals surface area contributed by atoms with Gasteiger partial charge in [-0.1, -0.05) is 45.1 Å². The van der Waals surface area contributed by atoms with Gasteiger partial charge in [0.15, 0.2) is 0 Å². The van der Waals surface area contributed by atoms with Crippen LogP contribution in [0.2, 0.25) is 0 Å². The molecule has 0 radical (unpaired) electrons. The van der Waals surface area contributed by atoms with E-state index in [1.165, 1.54) is 22.3 Å². The quantitative estimate of drug-likeness (QED) is 0.656. The van der Waals surface area contributed by atoms with Crippen LogP contribution < -0.4 is 0 Å². The Kier molecular flexibility index (Phi) is 2.45. The number of allylic oxidation sites excluding steroid dienone is 1. The molecule has 1 aliphatic carbocycles. The molecule has 1 atom stereocenters. The summed E-state index contributed by atoms with van der Waals surface area (Å²) < 4.78 is 0. The third-order valence-electron chi connectivity index (χ3n) is 3.22. The second kappa shape index (κ2) is 3.61. The summed E-state index contributed by atoms with van der Waals surface area (Å²) in [6, 6.07) is 4.77. The standard InChI is InChI=1S/C14H18/c1-4-11-8-13-7-6-10(3)14(13)9-12(11)5-2/h6-10H,4-5H2,1-3H3. The Hall–Kier alpha value is -1.04. The summed E-state index contributed by atoms with van der Waals surface area (Å²) in [4.78, 5) is 0. The highest BCUT2D eigenvalue weighted by Crippen LogP contribution is 2.32. The van der Waals surface area contributed by atoms with Gasteiger partial charge in [-0.2, -0.15) is 0 Å². The SMILES string of the molecule is CCc1cc2c(cc1CC)C(C)C=C2. The van der Waals surface area contributed by atoms with Gasteiger partial charge in [0.05, 0.1) is 0 Å².